The first-order valence-electron chi connectivity index (χ1n) is 4.90. The molecule has 0 aromatic rings. The average molecular weight is 154 g/mol. The van der Waals surface area contributed by atoms with Crippen molar-refractivity contribution in [1.29, 1.82) is 0 Å². The van der Waals surface area contributed by atoms with Crippen LogP contribution < -0.4 is 0 Å². The molecule has 1 saturated carbocycles. The van der Waals surface area contributed by atoms with Gasteiger partial charge < -0.3 is 4.74 Å². The Labute approximate surface area is 69.1 Å². The molecule has 1 heterocycles. The third kappa shape index (κ3) is 1.20. The first-order valence-corrected chi connectivity index (χ1v) is 4.90. The van der Waals surface area contributed by atoms with Crippen LogP contribution in [0.3, 0.4) is 0 Å². The van der Waals surface area contributed by atoms with E-state index in [4.69, 9.17) is 4.74 Å². The highest BCUT2D eigenvalue weighted by Gasteiger charge is 2.41. The lowest BCUT2D eigenvalue weighted by atomic mass is 9.84. The third-order valence-corrected chi connectivity index (χ3v) is 3.41. The number of rotatable bonds is 1. The predicted octanol–water partition coefficient (Wildman–Crippen LogP) is 2.46. The van der Waals surface area contributed by atoms with Crippen LogP contribution in [0.25, 0.3) is 0 Å². The molecule has 0 aromatic carbocycles. The summed E-state index contributed by atoms with van der Waals surface area (Å²) in [5.74, 6) is 2.60. The molecule has 1 saturated heterocycles. The summed E-state index contributed by atoms with van der Waals surface area (Å²) in [6, 6.07) is 0. The first kappa shape index (κ1) is 7.60. The molecule has 2 fully saturated rings. The van der Waals surface area contributed by atoms with Gasteiger partial charge in [-0.15, -0.1) is 0 Å². The zero-order chi connectivity index (χ0) is 7.84. The Bertz CT molecular complexity index is 142. The maximum absolute atomic E-state index is 5.75. The van der Waals surface area contributed by atoms with Crippen LogP contribution in [0.15, 0.2) is 0 Å². The average Bonchev–Trinajstić information content (AvgIpc) is 2.41. The normalized spacial score (nSPS) is 43.4. The van der Waals surface area contributed by atoms with E-state index in [1.54, 1.807) is 0 Å². The standard InChI is InChI=1S/C10H18O/c1-7(2)9-6-11-10-5-3-4-8(9)10/h7-10H,3-6H2,1-2H3. The van der Waals surface area contributed by atoms with Gasteiger partial charge in [0.2, 0.25) is 0 Å². The number of hydrogen-bond acceptors (Lipinski definition) is 1. The Kier molecular flexibility index (Phi) is 1.92. The molecule has 0 radical (unpaired) electrons. The SMILES string of the molecule is CC(C)C1COC2CCCC21. The Morgan fingerprint density at radius 3 is 2.82 bits per heavy atom. The van der Waals surface area contributed by atoms with Crippen LogP contribution in [0.5, 0.6) is 0 Å². The number of hydrogen-bond donors (Lipinski definition) is 0. The van der Waals surface area contributed by atoms with Gasteiger partial charge in [-0.25, -0.2) is 0 Å². The van der Waals surface area contributed by atoms with Gasteiger partial charge in [-0.3, -0.25) is 0 Å². The van der Waals surface area contributed by atoms with Gasteiger partial charge in [0.05, 0.1) is 12.7 Å². The smallest absolute Gasteiger partial charge is 0.0607 e. The van der Waals surface area contributed by atoms with E-state index in [2.05, 4.69) is 13.8 Å². The topological polar surface area (TPSA) is 9.23 Å². The maximum Gasteiger partial charge on any atom is 0.0607 e. The molecule has 0 N–H and O–H groups in total. The molecule has 64 valence electrons. The van der Waals surface area contributed by atoms with E-state index in [0.717, 1.165) is 24.4 Å². The van der Waals surface area contributed by atoms with Crippen molar-refractivity contribution in [2.24, 2.45) is 17.8 Å². The molecule has 1 aliphatic heterocycles. The van der Waals surface area contributed by atoms with Crippen molar-refractivity contribution in [1.82, 2.24) is 0 Å². The minimum Gasteiger partial charge on any atom is -0.378 e. The Balaban J connectivity index is 2.03. The molecule has 2 rings (SSSR count). The van der Waals surface area contributed by atoms with Crippen LogP contribution in [-0.4, -0.2) is 12.7 Å². The molecule has 0 aromatic heterocycles. The fourth-order valence-electron chi connectivity index (χ4n) is 2.70. The largest absolute Gasteiger partial charge is 0.378 e. The number of fused-ring (bicyclic) bond motifs is 1. The quantitative estimate of drug-likeness (QED) is 0.563. The molecule has 3 atom stereocenters. The fraction of sp³-hybridized carbons (Fsp3) is 1.00. The van der Waals surface area contributed by atoms with E-state index in [-0.39, 0.29) is 0 Å². The van der Waals surface area contributed by atoms with Gasteiger partial charge in [0.25, 0.3) is 0 Å². The molecule has 0 spiro atoms. The lowest BCUT2D eigenvalue weighted by molar-refractivity contribution is 0.0988. The molecular formula is C10H18O. The van der Waals surface area contributed by atoms with Crippen LogP contribution in [-0.2, 0) is 4.74 Å². The molecule has 11 heavy (non-hydrogen) atoms. The van der Waals surface area contributed by atoms with E-state index in [1.165, 1.54) is 19.3 Å². The summed E-state index contributed by atoms with van der Waals surface area (Å²) in [6.45, 7) is 5.69. The summed E-state index contributed by atoms with van der Waals surface area (Å²) in [4.78, 5) is 0. The second-order valence-corrected chi connectivity index (χ2v) is 4.37. The maximum atomic E-state index is 5.75. The van der Waals surface area contributed by atoms with Crippen molar-refractivity contribution >= 4 is 0 Å². The summed E-state index contributed by atoms with van der Waals surface area (Å²) in [6.07, 6.45) is 4.79. The molecular weight excluding hydrogens is 136 g/mol. The Morgan fingerprint density at radius 1 is 1.27 bits per heavy atom. The molecule has 3 unspecified atom stereocenters. The van der Waals surface area contributed by atoms with E-state index >= 15 is 0 Å². The third-order valence-electron chi connectivity index (χ3n) is 3.41. The van der Waals surface area contributed by atoms with E-state index in [1.807, 2.05) is 0 Å². The number of ether oxygens (including phenoxy) is 1. The summed E-state index contributed by atoms with van der Waals surface area (Å²) in [5, 5.41) is 0. The van der Waals surface area contributed by atoms with Gasteiger partial charge in [-0.2, -0.15) is 0 Å². The van der Waals surface area contributed by atoms with Crippen molar-refractivity contribution < 1.29 is 4.74 Å². The second-order valence-electron chi connectivity index (χ2n) is 4.37. The van der Waals surface area contributed by atoms with Gasteiger partial charge in [0, 0.05) is 0 Å². The zero-order valence-corrected chi connectivity index (χ0v) is 7.55. The molecule has 0 amide bonds. The van der Waals surface area contributed by atoms with Crippen molar-refractivity contribution in [3.05, 3.63) is 0 Å². The van der Waals surface area contributed by atoms with E-state index in [9.17, 15) is 0 Å². The fourth-order valence-corrected chi connectivity index (χ4v) is 2.70. The Hall–Kier alpha value is -0.0400. The molecule has 1 nitrogen and oxygen atoms in total. The molecule has 2 aliphatic rings. The highest BCUT2D eigenvalue weighted by atomic mass is 16.5. The van der Waals surface area contributed by atoms with Crippen LogP contribution in [0.2, 0.25) is 0 Å². The van der Waals surface area contributed by atoms with E-state index in [0.29, 0.717) is 6.10 Å². The summed E-state index contributed by atoms with van der Waals surface area (Å²) in [5.41, 5.74) is 0. The van der Waals surface area contributed by atoms with Gasteiger partial charge in [-0.05, 0) is 30.6 Å². The molecule has 1 aliphatic carbocycles. The second kappa shape index (κ2) is 2.78. The van der Waals surface area contributed by atoms with Gasteiger partial charge in [-0.1, -0.05) is 20.3 Å². The zero-order valence-electron chi connectivity index (χ0n) is 7.55. The van der Waals surface area contributed by atoms with Crippen molar-refractivity contribution in [2.45, 2.75) is 39.2 Å². The van der Waals surface area contributed by atoms with Crippen molar-refractivity contribution in [3.63, 3.8) is 0 Å². The highest BCUT2D eigenvalue weighted by Crippen LogP contribution is 2.42. The lowest BCUT2D eigenvalue weighted by Crippen LogP contribution is -2.18. The van der Waals surface area contributed by atoms with E-state index < -0.39 is 0 Å². The summed E-state index contributed by atoms with van der Waals surface area (Å²) in [7, 11) is 0. The minimum absolute atomic E-state index is 0.641. The van der Waals surface area contributed by atoms with Gasteiger partial charge in [0.1, 0.15) is 0 Å². The van der Waals surface area contributed by atoms with Gasteiger partial charge >= 0.3 is 0 Å². The summed E-state index contributed by atoms with van der Waals surface area (Å²) >= 11 is 0. The molecule has 0 bridgehead atoms. The van der Waals surface area contributed by atoms with Crippen molar-refractivity contribution in [3.8, 4) is 0 Å². The van der Waals surface area contributed by atoms with Crippen LogP contribution in [0.4, 0.5) is 0 Å². The monoisotopic (exact) mass is 154 g/mol. The van der Waals surface area contributed by atoms with Crippen LogP contribution >= 0.6 is 0 Å². The molecule has 1 heteroatoms. The highest BCUT2D eigenvalue weighted by molar-refractivity contribution is 4.89. The van der Waals surface area contributed by atoms with Gasteiger partial charge in [0.15, 0.2) is 0 Å². The minimum atomic E-state index is 0.641. The van der Waals surface area contributed by atoms with Crippen LogP contribution in [0.1, 0.15) is 33.1 Å². The predicted molar refractivity (Wildman–Crippen MR) is 45.4 cm³/mol. The van der Waals surface area contributed by atoms with Crippen molar-refractivity contribution in [2.75, 3.05) is 6.61 Å². The summed E-state index contributed by atoms with van der Waals surface area (Å²) < 4.78 is 5.75. The Morgan fingerprint density at radius 2 is 2.09 bits per heavy atom. The first-order chi connectivity index (χ1) is 5.29. The lowest BCUT2D eigenvalue weighted by Gasteiger charge is -2.19. The van der Waals surface area contributed by atoms with Crippen LogP contribution in [0, 0.1) is 17.8 Å².